The third kappa shape index (κ3) is 4.42. The predicted molar refractivity (Wildman–Crippen MR) is 69.0 cm³/mol. The van der Waals surface area contributed by atoms with E-state index in [1.165, 1.54) is 12.1 Å². The van der Waals surface area contributed by atoms with Gasteiger partial charge < -0.3 is 9.47 Å². The Kier molecular flexibility index (Phi) is 4.93. The van der Waals surface area contributed by atoms with Gasteiger partial charge in [-0.3, -0.25) is 0 Å². The lowest BCUT2D eigenvalue weighted by Crippen LogP contribution is -2.26. The number of esters is 1. The van der Waals surface area contributed by atoms with Gasteiger partial charge in [0.05, 0.1) is 18.8 Å². The molecule has 0 unspecified atom stereocenters. The van der Waals surface area contributed by atoms with E-state index in [2.05, 4.69) is 4.74 Å². The van der Waals surface area contributed by atoms with Crippen LogP contribution in [0.5, 0.6) is 0 Å². The molecule has 20 heavy (non-hydrogen) atoms. The Morgan fingerprint density at radius 3 is 2.35 bits per heavy atom. The Morgan fingerprint density at radius 1 is 1.20 bits per heavy atom. The molecule has 110 valence electrons. The van der Waals surface area contributed by atoms with Crippen molar-refractivity contribution >= 4 is 16.9 Å². The second-order valence-electron chi connectivity index (χ2n) is 4.23. The van der Waals surface area contributed by atoms with Gasteiger partial charge in [0.1, 0.15) is 11.5 Å². The van der Waals surface area contributed by atoms with Gasteiger partial charge in [-0.05, 0) is 24.3 Å². The maximum atomic E-state index is 12.0. The van der Waals surface area contributed by atoms with E-state index < -0.39 is 18.8 Å². The van der Waals surface area contributed by atoms with Crippen molar-refractivity contribution in [3.8, 4) is 0 Å². The standard InChI is InChI=1S/C13H14F3O3S/c14-13(15,16)9-19-12(17)10-1-3-11(4-2-10)20-7-5-18-6-8-20/h1-4H,5-9H2/q+1. The molecule has 0 atom stereocenters. The lowest BCUT2D eigenvalue weighted by molar-refractivity contribution is -0.161. The molecule has 0 aromatic heterocycles. The van der Waals surface area contributed by atoms with Gasteiger partial charge in [-0.15, -0.1) is 0 Å². The number of carbonyl (C=O) groups excluding carboxylic acids is 1. The summed E-state index contributed by atoms with van der Waals surface area (Å²) < 4.78 is 45.3. The monoisotopic (exact) mass is 307 g/mol. The van der Waals surface area contributed by atoms with E-state index in [9.17, 15) is 18.0 Å². The van der Waals surface area contributed by atoms with Gasteiger partial charge in [0, 0.05) is 10.9 Å². The highest BCUT2D eigenvalue weighted by Crippen LogP contribution is 2.19. The third-order valence-corrected chi connectivity index (χ3v) is 5.00. The van der Waals surface area contributed by atoms with Crippen molar-refractivity contribution in [3.63, 3.8) is 0 Å². The fourth-order valence-electron chi connectivity index (χ4n) is 1.77. The largest absolute Gasteiger partial charge is 0.452 e. The lowest BCUT2D eigenvalue weighted by Gasteiger charge is -2.14. The molecule has 0 aliphatic carbocycles. The van der Waals surface area contributed by atoms with Crippen LogP contribution in [0.4, 0.5) is 13.2 Å². The molecule has 0 N–H and O–H groups in total. The summed E-state index contributed by atoms with van der Waals surface area (Å²) in [6.45, 7) is -0.119. The zero-order chi connectivity index (χ0) is 14.6. The quantitative estimate of drug-likeness (QED) is 0.635. The molecule has 1 heterocycles. The zero-order valence-electron chi connectivity index (χ0n) is 10.6. The summed E-state index contributed by atoms with van der Waals surface area (Å²) in [7, 11) is 0.0955. The summed E-state index contributed by atoms with van der Waals surface area (Å²) in [5.41, 5.74) is 0.134. The van der Waals surface area contributed by atoms with Crippen LogP contribution in [0.15, 0.2) is 29.2 Å². The average molecular weight is 307 g/mol. The van der Waals surface area contributed by atoms with Crippen molar-refractivity contribution in [2.24, 2.45) is 0 Å². The number of ether oxygens (including phenoxy) is 2. The second kappa shape index (κ2) is 6.49. The molecule has 0 spiro atoms. The molecule has 0 amide bonds. The van der Waals surface area contributed by atoms with Gasteiger partial charge in [-0.25, -0.2) is 4.79 Å². The van der Waals surface area contributed by atoms with Crippen molar-refractivity contribution in [2.75, 3.05) is 31.3 Å². The van der Waals surface area contributed by atoms with Gasteiger partial charge in [0.15, 0.2) is 11.5 Å². The Morgan fingerprint density at radius 2 is 1.80 bits per heavy atom. The van der Waals surface area contributed by atoms with Crippen LogP contribution < -0.4 is 0 Å². The molecule has 1 aromatic rings. The van der Waals surface area contributed by atoms with Crippen molar-refractivity contribution < 1.29 is 27.4 Å². The lowest BCUT2D eigenvalue weighted by atomic mass is 10.2. The molecule has 0 saturated carbocycles. The molecule has 3 nitrogen and oxygen atoms in total. The van der Waals surface area contributed by atoms with E-state index in [0.717, 1.165) is 29.6 Å². The Hall–Kier alpha value is -1.21. The summed E-state index contributed by atoms with van der Waals surface area (Å²) in [6.07, 6.45) is -4.50. The zero-order valence-corrected chi connectivity index (χ0v) is 11.4. The van der Waals surface area contributed by atoms with Crippen molar-refractivity contribution in [1.29, 1.82) is 0 Å². The van der Waals surface area contributed by atoms with Crippen LogP contribution in [0.3, 0.4) is 0 Å². The Labute approximate surface area is 117 Å². The minimum absolute atomic E-state index is 0.0955. The van der Waals surface area contributed by atoms with E-state index in [0.29, 0.717) is 0 Å². The highest BCUT2D eigenvalue weighted by Gasteiger charge is 2.30. The number of alkyl halides is 3. The van der Waals surface area contributed by atoms with Crippen LogP contribution >= 0.6 is 0 Å². The van der Waals surface area contributed by atoms with Crippen LogP contribution in [-0.4, -0.2) is 43.5 Å². The molecule has 1 saturated heterocycles. The van der Waals surface area contributed by atoms with Gasteiger partial charge in [-0.1, -0.05) is 0 Å². The summed E-state index contributed by atoms with van der Waals surface area (Å²) in [5.74, 6) is 0.930. The maximum Gasteiger partial charge on any atom is 0.422 e. The molecular formula is C13H14F3O3S+. The molecule has 1 aliphatic rings. The fourth-order valence-corrected chi connectivity index (χ4v) is 3.61. The molecule has 1 fully saturated rings. The molecule has 2 rings (SSSR count). The number of hydrogen-bond donors (Lipinski definition) is 0. The molecule has 1 aliphatic heterocycles. The summed E-state index contributed by atoms with van der Waals surface area (Å²) in [5, 5.41) is 0. The SMILES string of the molecule is O=C(OCC(F)(F)F)c1ccc([S+]2CCOCC2)cc1. The van der Waals surface area contributed by atoms with Crippen LogP contribution in [0, 0.1) is 0 Å². The van der Waals surface area contributed by atoms with E-state index in [1.807, 2.05) is 0 Å². The molecule has 1 aromatic carbocycles. The van der Waals surface area contributed by atoms with E-state index in [1.54, 1.807) is 12.1 Å². The number of halogens is 3. The molecule has 0 radical (unpaired) electrons. The first-order chi connectivity index (χ1) is 9.46. The summed E-state index contributed by atoms with van der Waals surface area (Å²) >= 11 is 0. The number of hydrogen-bond acceptors (Lipinski definition) is 3. The highest BCUT2D eigenvalue weighted by atomic mass is 32.2. The summed E-state index contributed by atoms with van der Waals surface area (Å²) in [4.78, 5) is 12.5. The smallest absolute Gasteiger partial charge is 0.422 e. The summed E-state index contributed by atoms with van der Waals surface area (Å²) in [6, 6.07) is 6.57. The van der Waals surface area contributed by atoms with E-state index >= 15 is 0 Å². The Bertz CT molecular complexity index is 453. The number of rotatable bonds is 3. The second-order valence-corrected chi connectivity index (χ2v) is 6.50. The normalized spacial score (nSPS) is 16.9. The van der Waals surface area contributed by atoms with E-state index in [-0.39, 0.29) is 16.5 Å². The molecule has 7 heteroatoms. The van der Waals surface area contributed by atoms with Crippen LogP contribution in [0.1, 0.15) is 10.4 Å². The average Bonchev–Trinajstić information content (AvgIpc) is 2.45. The topological polar surface area (TPSA) is 35.5 Å². The molecular weight excluding hydrogens is 293 g/mol. The van der Waals surface area contributed by atoms with Crippen molar-refractivity contribution in [1.82, 2.24) is 0 Å². The van der Waals surface area contributed by atoms with Gasteiger partial charge >= 0.3 is 12.1 Å². The third-order valence-electron chi connectivity index (χ3n) is 2.74. The Balaban J connectivity index is 1.95. The first kappa shape index (κ1) is 15.2. The van der Waals surface area contributed by atoms with Gasteiger partial charge in [-0.2, -0.15) is 13.2 Å². The number of benzene rings is 1. The van der Waals surface area contributed by atoms with Crippen LogP contribution in [-0.2, 0) is 20.4 Å². The van der Waals surface area contributed by atoms with Crippen molar-refractivity contribution in [3.05, 3.63) is 29.8 Å². The maximum absolute atomic E-state index is 12.0. The number of carbonyl (C=O) groups is 1. The van der Waals surface area contributed by atoms with Gasteiger partial charge in [0.2, 0.25) is 0 Å². The predicted octanol–water partition coefficient (Wildman–Crippen LogP) is 2.41. The van der Waals surface area contributed by atoms with E-state index in [4.69, 9.17) is 4.74 Å². The minimum Gasteiger partial charge on any atom is -0.452 e. The minimum atomic E-state index is -4.50. The van der Waals surface area contributed by atoms with Crippen molar-refractivity contribution in [2.45, 2.75) is 11.1 Å². The first-order valence-corrected chi connectivity index (χ1v) is 7.61. The first-order valence-electron chi connectivity index (χ1n) is 6.05. The fraction of sp³-hybridized carbons (Fsp3) is 0.462. The molecule has 0 bridgehead atoms. The van der Waals surface area contributed by atoms with Gasteiger partial charge in [0.25, 0.3) is 0 Å². The van der Waals surface area contributed by atoms with Crippen LogP contribution in [0.2, 0.25) is 0 Å². The van der Waals surface area contributed by atoms with Crippen LogP contribution in [0.25, 0.3) is 0 Å². The highest BCUT2D eigenvalue weighted by molar-refractivity contribution is 7.97.